The largest absolute Gasteiger partial charge is 0.392 e. The minimum Gasteiger partial charge on any atom is -0.392 e. The molecule has 20 heavy (non-hydrogen) atoms. The first-order chi connectivity index (χ1) is 9.54. The number of nitrogen functional groups attached to an aromatic ring is 1. The number of anilines is 1. The molecule has 5 N–H and O–H groups in total. The van der Waals surface area contributed by atoms with Gasteiger partial charge in [0.2, 0.25) is 0 Å². The van der Waals surface area contributed by atoms with Crippen LogP contribution in [0.25, 0.3) is 11.0 Å². The first-order valence-electron chi connectivity index (χ1n) is 5.98. The Morgan fingerprint density at radius 1 is 1.35 bits per heavy atom. The molecule has 2 aromatic heterocycles. The van der Waals surface area contributed by atoms with Gasteiger partial charge in [-0.1, -0.05) is 6.08 Å². The van der Waals surface area contributed by atoms with E-state index < -0.39 is 18.2 Å². The van der Waals surface area contributed by atoms with Gasteiger partial charge in [0.1, 0.15) is 30.0 Å². The Labute approximate surface area is 122 Å². The topological polar surface area (TPSA) is 117 Å². The lowest BCUT2D eigenvalue weighted by Crippen LogP contribution is -2.30. The molecule has 0 saturated carbocycles. The molecule has 0 fully saturated rings. The Morgan fingerprint density at radius 2 is 2.10 bits per heavy atom. The summed E-state index contributed by atoms with van der Waals surface area (Å²) < 4.78 is 2.41. The highest BCUT2D eigenvalue weighted by Gasteiger charge is 2.36. The van der Waals surface area contributed by atoms with Crippen molar-refractivity contribution in [3.63, 3.8) is 0 Å². The van der Waals surface area contributed by atoms with Crippen molar-refractivity contribution >= 4 is 32.8 Å². The van der Waals surface area contributed by atoms with Crippen LogP contribution < -0.4 is 5.73 Å². The van der Waals surface area contributed by atoms with E-state index in [4.69, 9.17) is 5.73 Å². The van der Waals surface area contributed by atoms with Crippen molar-refractivity contribution < 1.29 is 15.3 Å². The van der Waals surface area contributed by atoms with Crippen LogP contribution in [0.5, 0.6) is 0 Å². The third-order valence-electron chi connectivity index (χ3n) is 3.53. The lowest BCUT2D eigenvalue weighted by molar-refractivity contribution is 0.0288. The third kappa shape index (κ3) is 1.84. The third-order valence-corrected chi connectivity index (χ3v) is 4.14. The maximum atomic E-state index is 10.1. The molecule has 0 saturated heterocycles. The van der Waals surface area contributed by atoms with Crippen LogP contribution in [0, 0.1) is 0 Å². The van der Waals surface area contributed by atoms with Crippen LogP contribution in [0.15, 0.2) is 28.6 Å². The number of hydrogen-bond acceptors (Lipinski definition) is 6. The number of rotatable bonds is 2. The Kier molecular flexibility index (Phi) is 3.25. The fourth-order valence-electron chi connectivity index (χ4n) is 2.50. The van der Waals surface area contributed by atoms with Crippen molar-refractivity contribution in [1.82, 2.24) is 14.5 Å². The predicted octanol–water partition coefficient (Wildman–Crippen LogP) is -0.0288. The minimum atomic E-state index is -1.08. The van der Waals surface area contributed by atoms with Crippen molar-refractivity contribution in [1.29, 1.82) is 0 Å². The van der Waals surface area contributed by atoms with Crippen molar-refractivity contribution in [2.75, 3.05) is 12.3 Å². The van der Waals surface area contributed by atoms with Crippen LogP contribution in [0.4, 0.5) is 5.82 Å². The maximum Gasteiger partial charge on any atom is 0.147 e. The summed E-state index contributed by atoms with van der Waals surface area (Å²) >= 11 is 3.39. The molecule has 3 rings (SSSR count). The molecule has 1 unspecified atom stereocenters. The van der Waals surface area contributed by atoms with E-state index in [2.05, 4.69) is 25.9 Å². The molecular formula is C12H13BrN4O3. The highest BCUT2D eigenvalue weighted by Crippen LogP contribution is 2.36. The lowest BCUT2D eigenvalue weighted by atomic mass is 10.1. The average molecular weight is 341 g/mol. The molecule has 8 heteroatoms. The summed E-state index contributed by atoms with van der Waals surface area (Å²) in [5.74, 6) is 0.333. The summed E-state index contributed by atoms with van der Waals surface area (Å²) in [5, 5.41) is 29.8. The zero-order chi connectivity index (χ0) is 14.4. The van der Waals surface area contributed by atoms with Crippen LogP contribution in [-0.2, 0) is 0 Å². The first-order valence-corrected chi connectivity index (χ1v) is 6.78. The Bertz CT molecular complexity index is 699. The molecule has 3 atom stereocenters. The van der Waals surface area contributed by atoms with Gasteiger partial charge in [-0.2, -0.15) is 0 Å². The van der Waals surface area contributed by atoms with Crippen molar-refractivity contribution in [3.05, 3.63) is 28.6 Å². The predicted molar refractivity (Wildman–Crippen MR) is 75.9 cm³/mol. The number of fused-ring (bicyclic) bond motifs is 1. The molecule has 0 amide bonds. The Balaban J connectivity index is 2.17. The summed E-state index contributed by atoms with van der Waals surface area (Å²) in [7, 11) is 0. The van der Waals surface area contributed by atoms with Gasteiger partial charge >= 0.3 is 0 Å². The minimum absolute atomic E-state index is 0.299. The summed E-state index contributed by atoms with van der Waals surface area (Å²) in [5.41, 5.74) is 6.77. The van der Waals surface area contributed by atoms with E-state index in [-0.39, 0.29) is 6.61 Å². The summed E-state index contributed by atoms with van der Waals surface area (Å²) in [6.07, 6.45) is 2.58. The molecule has 0 radical (unpaired) electrons. The van der Waals surface area contributed by atoms with E-state index >= 15 is 0 Å². The Hall–Kier alpha value is -1.48. The second-order valence-corrected chi connectivity index (χ2v) is 5.52. The maximum absolute atomic E-state index is 10.1. The van der Waals surface area contributed by atoms with E-state index in [9.17, 15) is 15.3 Å². The van der Waals surface area contributed by atoms with Crippen LogP contribution >= 0.6 is 15.9 Å². The second-order valence-electron chi connectivity index (χ2n) is 4.67. The number of nitrogens with two attached hydrogens (primary N) is 1. The highest BCUT2D eigenvalue weighted by atomic mass is 79.9. The number of halogens is 1. The van der Waals surface area contributed by atoms with Gasteiger partial charge in [0, 0.05) is 10.7 Å². The highest BCUT2D eigenvalue weighted by molar-refractivity contribution is 9.10. The molecule has 106 valence electrons. The first kappa shape index (κ1) is 13.5. The summed E-state index contributed by atoms with van der Waals surface area (Å²) in [6.45, 7) is -0.299. The van der Waals surface area contributed by atoms with Gasteiger partial charge in [-0.15, -0.1) is 0 Å². The normalized spacial score (nSPS) is 26.2. The van der Waals surface area contributed by atoms with Crippen LogP contribution in [0.1, 0.15) is 6.04 Å². The van der Waals surface area contributed by atoms with Gasteiger partial charge in [0.15, 0.2) is 0 Å². The van der Waals surface area contributed by atoms with Crippen LogP contribution in [0.3, 0.4) is 0 Å². The molecule has 1 aliphatic carbocycles. The number of aromatic nitrogens is 3. The molecule has 2 heterocycles. The lowest BCUT2D eigenvalue weighted by Gasteiger charge is -2.19. The van der Waals surface area contributed by atoms with E-state index in [1.807, 2.05) is 0 Å². The smallest absolute Gasteiger partial charge is 0.147 e. The van der Waals surface area contributed by atoms with Gasteiger partial charge < -0.3 is 25.6 Å². The van der Waals surface area contributed by atoms with E-state index in [1.54, 1.807) is 16.8 Å². The molecule has 1 aliphatic rings. The molecular weight excluding hydrogens is 328 g/mol. The average Bonchev–Trinajstić information content (AvgIpc) is 2.90. The zero-order valence-electron chi connectivity index (χ0n) is 10.3. The summed E-state index contributed by atoms with van der Waals surface area (Å²) in [4.78, 5) is 8.10. The number of aliphatic hydroxyl groups is 3. The zero-order valence-corrected chi connectivity index (χ0v) is 11.9. The van der Waals surface area contributed by atoms with Gasteiger partial charge in [0.25, 0.3) is 0 Å². The van der Waals surface area contributed by atoms with Gasteiger partial charge in [-0.3, -0.25) is 0 Å². The van der Waals surface area contributed by atoms with E-state index in [0.29, 0.717) is 26.9 Å². The SMILES string of the molecule is Nc1ncnc2c1c(Br)cn2[C@@H]1C=C(CO)C(O)[C@@H]1O. The summed E-state index contributed by atoms with van der Waals surface area (Å²) in [6, 6.07) is -0.518. The van der Waals surface area contributed by atoms with Crippen LogP contribution in [0.2, 0.25) is 0 Å². The molecule has 0 aliphatic heterocycles. The fourth-order valence-corrected chi connectivity index (χ4v) is 3.10. The van der Waals surface area contributed by atoms with Gasteiger partial charge in [-0.25, -0.2) is 9.97 Å². The molecule has 2 aromatic rings. The molecule has 7 nitrogen and oxygen atoms in total. The number of aliphatic hydroxyl groups excluding tert-OH is 3. The number of hydrogen-bond donors (Lipinski definition) is 4. The second kappa shape index (κ2) is 4.81. The fraction of sp³-hybridized carbons (Fsp3) is 0.333. The molecule has 0 aromatic carbocycles. The monoisotopic (exact) mass is 340 g/mol. The van der Waals surface area contributed by atoms with Crippen molar-refractivity contribution in [3.8, 4) is 0 Å². The van der Waals surface area contributed by atoms with E-state index in [0.717, 1.165) is 0 Å². The van der Waals surface area contributed by atoms with Crippen molar-refractivity contribution in [2.45, 2.75) is 18.2 Å². The Morgan fingerprint density at radius 3 is 2.75 bits per heavy atom. The quantitative estimate of drug-likeness (QED) is 0.570. The van der Waals surface area contributed by atoms with E-state index in [1.165, 1.54) is 6.33 Å². The van der Waals surface area contributed by atoms with Gasteiger partial charge in [-0.05, 0) is 21.5 Å². The van der Waals surface area contributed by atoms with Crippen LogP contribution in [-0.4, -0.2) is 48.7 Å². The molecule has 0 bridgehead atoms. The standard InChI is InChI=1S/C12H13BrN4O3/c13-6-2-17(12-8(6)11(14)15-4-16-12)7-1-5(3-18)9(19)10(7)20/h1-2,4,7,9-10,18-20H,3H2,(H2,14,15,16)/t7-,9?,10-/m1/s1. The number of nitrogens with zero attached hydrogens (tertiary/aromatic N) is 3. The van der Waals surface area contributed by atoms with Crippen molar-refractivity contribution in [2.24, 2.45) is 0 Å². The van der Waals surface area contributed by atoms with Gasteiger partial charge in [0.05, 0.1) is 18.0 Å². The molecule has 0 spiro atoms.